The van der Waals surface area contributed by atoms with Gasteiger partial charge in [0.05, 0.1) is 12.2 Å². The van der Waals surface area contributed by atoms with E-state index in [0.717, 1.165) is 17.7 Å². The Morgan fingerprint density at radius 1 is 0.765 bits per heavy atom. The predicted octanol–water partition coefficient (Wildman–Crippen LogP) is 9.10. The molecule has 2 atom stereocenters. The fourth-order valence-corrected chi connectivity index (χ4v) is 4.11. The van der Waals surface area contributed by atoms with E-state index in [9.17, 15) is 4.79 Å². The van der Waals surface area contributed by atoms with Crippen LogP contribution in [0.25, 0.3) is 0 Å². The lowest BCUT2D eigenvalue weighted by molar-refractivity contribution is 0.0338. The highest BCUT2D eigenvalue weighted by molar-refractivity contribution is 5.89. The summed E-state index contributed by atoms with van der Waals surface area (Å²) in [6, 6.07) is 15.8. The van der Waals surface area contributed by atoms with Crippen molar-refractivity contribution < 1.29 is 14.3 Å². The molecule has 34 heavy (non-hydrogen) atoms. The van der Waals surface area contributed by atoms with E-state index >= 15 is 0 Å². The Morgan fingerprint density at radius 2 is 1.38 bits per heavy atom. The molecule has 0 N–H and O–H groups in total. The minimum atomic E-state index is -0.303. The summed E-state index contributed by atoms with van der Waals surface area (Å²) < 4.78 is 11.6. The maximum absolute atomic E-state index is 12.6. The Bertz CT molecular complexity index is 794. The van der Waals surface area contributed by atoms with Crippen molar-refractivity contribution in [2.45, 2.75) is 104 Å². The number of hydrogen-bond acceptors (Lipinski definition) is 3. The summed E-state index contributed by atoms with van der Waals surface area (Å²) in [6.07, 6.45) is 13.7. The van der Waals surface area contributed by atoms with Gasteiger partial charge in [-0.3, -0.25) is 0 Å². The van der Waals surface area contributed by atoms with Crippen LogP contribution in [0.2, 0.25) is 0 Å². The van der Waals surface area contributed by atoms with Gasteiger partial charge in [-0.25, -0.2) is 4.79 Å². The van der Waals surface area contributed by atoms with Crippen molar-refractivity contribution in [3.05, 3.63) is 65.2 Å². The summed E-state index contributed by atoms with van der Waals surface area (Å²) in [6.45, 7) is 9.34. The first-order valence-corrected chi connectivity index (χ1v) is 13.6. The van der Waals surface area contributed by atoms with Gasteiger partial charge < -0.3 is 9.47 Å². The summed E-state index contributed by atoms with van der Waals surface area (Å²) in [5.41, 5.74) is 2.93. The third-order valence-corrected chi connectivity index (χ3v) is 6.48. The van der Waals surface area contributed by atoms with Crippen LogP contribution in [0.5, 0.6) is 5.75 Å². The first-order chi connectivity index (χ1) is 16.5. The SMILES string of the molecule is CCCCCCCCc1ccc(C(C)OC(=O)c2ccc(OCC(C)CCCCC)cc2)cc1. The van der Waals surface area contributed by atoms with Crippen molar-refractivity contribution in [1.29, 1.82) is 0 Å². The first kappa shape index (κ1) is 28.0. The molecule has 2 aromatic carbocycles. The third kappa shape index (κ3) is 10.8. The molecule has 0 fully saturated rings. The highest BCUT2D eigenvalue weighted by Gasteiger charge is 2.14. The zero-order valence-corrected chi connectivity index (χ0v) is 22.0. The van der Waals surface area contributed by atoms with E-state index in [0.29, 0.717) is 18.1 Å². The third-order valence-electron chi connectivity index (χ3n) is 6.48. The van der Waals surface area contributed by atoms with Gasteiger partial charge in [0, 0.05) is 0 Å². The largest absolute Gasteiger partial charge is 0.493 e. The summed E-state index contributed by atoms with van der Waals surface area (Å²) >= 11 is 0. The topological polar surface area (TPSA) is 35.5 Å². The number of rotatable bonds is 17. The number of hydrogen-bond donors (Lipinski definition) is 0. The molecular formula is C31H46O3. The van der Waals surface area contributed by atoms with Gasteiger partial charge in [-0.15, -0.1) is 0 Å². The highest BCUT2D eigenvalue weighted by Crippen LogP contribution is 2.22. The van der Waals surface area contributed by atoms with Crippen LogP contribution in [-0.4, -0.2) is 12.6 Å². The number of carbonyl (C=O) groups is 1. The Morgan fingerprint density at radius 3 is 2.06 bits per heavy atom. The summed E-state index contributed by atoms with van der Waals surface area (Å²) in [4.78, 5) is 12.6. The second-order valence-corrected chi connectivity index (χ2v) is 9.74. The Labute approximate surface area is 208 Å². The molecule has 3 heteroatoms. The molecule has 0 spiro atoms. The zero-order valence-electron chi connectivity index (χ0n) is 22.0. The van der Waals surface area contributed by atoms with Crippen molar-refractivity contribution in [2.24, 2.45) is 5.92 Å². The molecule has 2 aromatic rings. The van der Waals surface area contributed by atoms with Crippen molar-refractivity contribution in [3.8, 4) is 5.75 Å². The zero-order chi connectivity index (χ0) is 24.6. The number of ether oxygens (including phenoxy) is 2. The molecule has 0 aliphatic heterocycles. The van der Waals surface area contributed by atoms with E-state index in [2.05, 4.69) is 45.0 Å². The van der Waals surface area contributed by atoms with Crippen molar-refractivity contribution >= 4 is 5.97 Å². The quantitative estimate of drug-likeness (QED) is 0.172. The fraction of sp³-hybridized carbons (Fsp3) is 0.581. The van der Waals surface area contributed by atoms with Gasteiger partial charge in [0.2, 0.25) is 0 Å². The maximum atomic E-state index is 12.6. The lowest BCUT2D eigenvalue weighted by Gasteiger charge is -2.15. The van der Waals surface area contributed by atoms with Gasteiger partial charge >= 0.3 is 5.97 Å². The monoisotopic (exact) mass is 466 g/mol. The van der Waals surface area contributed by atoms with Crippen LogP contribution in [0.3, 0.4) is 0 Å². The molecule has 0 heterocycles. The van der Waals surface area contributed by atoms with E-state index in [1.54, 1.807) is 12.1 Å². The van der Waals surface area contributed by atoms with E-state index < -0.39 is 0 Å². The molecule has 0 radical (unpaired) electrons. The van der Waals surface area contributed by atoms with E-state index in [1.165, 1.54) is 69.8 Å². The lowest BCUT2D eigenvalue weighted by atomic mass is 10.0. The number of unbranched alkanes of at least 4 members (excludes halogenated alkanes) is 7. The minimum Gasteiger partial charge on any atom is -0.493 e. The Balaban J connectivity index is 1.75. The summed E-state index contributed by atoms with van der Waals surface area (Å²) in [5.74, 6) is 1.03. The van der Waals surface area contributed by atoms with E-state index in [4.69, 9.17) is 9.47 Å². The number of esters is 1. The smallest absolute Gasteiger partial charge is 0.338 e. The van der Waals surface area contributed by atoms with Crippen molar-refractivity contribution in [3.63, 3.8) is 0 Å². The second kappa shape index (κ2) is 16.4. The summed E-state index contributed by atoms with van der Waals surface area (Å²) in [7, 11) is 0. The van der Waals surface area contributed by atoms with Gasteiger partial charge in [0.1, 0.15) is 11.9 Å². The van der Waals surface area contributed by atoms with Crippen molar-refractivity contribution in [2.75, 3.05) is 6.61 Å². The first-order valence-electron chi connectivity index (χ1n) is 13.6. The maximum Gasteiger partial charge on any atom is 0.338 e. The molecule has 2 rings (SSSR count). The average molecular weight is 467 g/mol. The normalized spacial score (nSPS) is 12.8. The standard InChI is InChI=1S/C31H46O3/c1-5-7-9-10-11-13-15-27-16-18-28(19-17-27)26(4)34-31(32)29-20-22-30(23-21-29)33-24-25(3)14-12-8-6-2/h16-23,25-26H,5-15,24H2,1-4H3. The van der Waals surface area contributed by atoms with Crippen LogP contribution in [-0.2, 0) is 11.2 Å². The fourth-order valence-electron chi connectivity index (χ4n) is 4.11. The number of aryl methyl sites for hydroxylation is 1. The van der Waals surface area contributed by atoms with Gasteiger partial charge in [-0.2, -0.15) is 0 Å². The predicted molar refractivity (Wildman–Crippen MR) is 143 cm³/mol. The molecule has 0 aliphatic carbocycles. The van der Waals surface area contributed by atoms with Crippen LogP contribution < -0.4 is 4.74 Å². The molecule has 2 unspecified atom stereocenters. The molecule has 0 bridgehead atoms. The lowest BCUT2D eigenvalue weighted by Crippen LogP contribution is -2.10. The Kier molecular flexibility index (Phi) is 13.4. The van der Waals surface area contributed by atoms with E-state index in [1.807, 2.05) is 19.1 Å². The van der Waals surface area contributed by atoms with Crippen LogP contribution in [0.1, 0.15) is 119 Å². The van der Waals surface area contributed by atoms with Crippen LogP contribution in [0.15, 0.2) is 48.5 Å². The second-order valence-electron chi connectivity index (χ2n) is 9.74. The van der Waals surface area contributed by atoms with Crippen molar-refractivity contribution in [1.82, 2.24) is 0 Å². The van der Waals surface area contributed by atoms with E-state index in [-0.39, 0.29) is 12.1 Å². The molecular weight excluding hydrogens is 420 g/mol. The molecule has 3 nitrogen and oxygen atoms in total. The minimum absolute atomic E-state index is 0.282. The summed E-state index contributed by atoms with van der Waals surface area (Å²) in [5, 5.41) is 0. The van der Waals surface area contributed by atoms with Crippen LogP contribution in [0, 0.1) is 5.92 Å². The Hall–Kier alpha value is -2.29. The average Bonchev–Trinajstić information content (AvgIpc) is 2.85. The molecule has 0 aliphatic rings. The number of carbonyl (C=O) groups excluding carboxylic acids is 1. The van der Waals surface area contributed by atoms with Crippen LogP contribution >= 0.6 is 0 Å². The van der Waals surface area contributed by atoms with Gasteiger partial charge in [-0.05, 0) is 67.5 Å². The van der Waals surface area contributed by atoms with Crippen LogP contribution in [0.4, 0.5) is 0 Å². The molecule has 0 saturated heterocycles. The van der Waals surface area contributed by atoms with Gasteiger partial charge in [-0.1, -0.05) is 96.4 Å². The number of benzene rings is 2. The van der Waals surface area contributed by atoms with Gasteiger partial charge in [0.25, 0.3) is 0 Å². The van der Waals surface area contributed by atoms with Gasteiger partial charge in [0.15, 0.2) is 0 Å². The molecule has 0 amide bonds. The molecule has 0 aromatic heterocycles. The molecule has 0 saturated carbocycles. The highest BCUT2D eigenvalue weighted by atomic mass is 16.5. The molecule has 188 valence electrons.